The summed E-state index contributed by atoms with van der Waals surface area (Å²) in [6.07, 6.45) is 4.10. The monoisotopic (exact) mass is 331 g/mol. The second kappa shape index (κ2) is 10.5. The van der Waals surface area contributed by atoms with Gasteiger partial charge in [0.2, 0.25) is 5.91 Å². The van der Waals surface area contributed by atoms with E-state index >= 15 is 0 Å². The molecule has 4 heteroatoms. The first-order valence-electron chi connectivity index (χ1n) is 9.48. The van der Waals surface area contributed by atoms with E-state index in [4.69, 9.17) is 0 Å². The summed E-state index contributed by atoms with van der Waals surface area (Å²) in [4.78, 5) is 14.4. The van der Waals surface area contributed by atoms with E-state index in [1.54, 1.807) is 0 Å². The molecule has 0 atom stereocenters. The molecule has 0 saturated carbocycles. The lowest BCUT2D eigenvalue weighted by Crippen LogP contribution is -2.29. The minimum Gasteiger partial charge on any atom is -0.352 e. The van der Waals surface area contributed by atoms with Crippen LogP contribution in [0.15, 0.2) is 24.3 Å². The van der Waals surface area contributed by atoms with Gasteiger partial charge in [0.1, 0.15) is 0 Å². The molecular formula is C20H33N3O. The first-order valence-corrected chi connectivity index (χ1v) is 9.48. The van der Waals surface area contributed by atoms with Crippen LogP contribution in [-0.2, 0) is 17.9 Å². The summed E-state index contributed by atoms with van der Waals surface area (Å²) >= 11 is 0. The highest BCUT2D eigenvalue weighted by atomic mass is 16.1. The van der Waals surface area contributed by atoms with Crippen molar-refractivity contribution in [1.29, 1.82) is 0 Å². The van der Waals surface area contributed by atoms with Gasteiger partial charge in [-0.2, -0.15) is 0 Å². The largest absolute Gasteiger partial charge is 0.352 e. The Labute approximate surface area is 147 Å². The van der Waals surface area contributed by atoms with Crippen LogP contribution in [0.25, 0.3) is 0 Å². The molecule has 1 saturated heterocycles. The Morgan fingerprint density at radius 2 is 1.75 bits per heavy atom. The van der Waals surface area contributed by atoms with Crippen LogP contribution in [0.2, 0.25) is 0 Å². The summed E-state index contributed by atoms with van der Waals surface area (Å²) in [6.45, 7) is 10.4. The molecule has 1 aromatic rings. The fraction of sp³-hybridized carbons (Fsp3) is 0.650. The van der Waals surface area contributed by atoms with E-state index in [1.807, 2.05) is 0 Å². The molecular weight excluding hydrogens is 298 g/mol. The van der Waals surface area contributed by atoms with Crippen molar-refractivity contribution in [3.05, 3.63) is 35.4 Å². The van der Waals surface area contributed by atoms with Gasteiger partial charge in [-0.25, -0.2) is 0 Å². The molecule has 0 unspecified atom stereocenters. The Morgan fingerprint density at radius 3 is 2.38 bits per heavy atom. The van der Waals surface area contributed by atoms with Crippen molar-refractivity contribution in [2.24, 2.45) is 5.92 Å². The average molecular weight is 332 g/mol. The number of benzene rings is 1. The molecule has 1 aliphatic rings. The van der Waals surface area contributed by atoms with Gasteiger partial charge in [-0.05, 0) is 62.5 Å². The minimum atomic E-state index is 0.181. The fourth-order valence-corrected chi connectivity index (χ4v) is 3.26. The van der Waals surface area contributed by atoms with E-state index in [-0.39, 0.29) is 5.91 Å². The van der Waals surface area contributed by atoms with Crippen LogP contribution in [0, 0.1) is 5.92 Å². The maximum Gasteiger partial charge on any atom is 0.220 e. The van der Waals surface area contributed by atoms with Gasteiger partial charge in [0.05, 0.1) is 0 Å². The van der Waals surface area contributed by atoms with E-state index in [2.05, 4.69) is 53.6 Å². The molecule has 2 N–H and O–H groups in total. The highest BCUT2D eigenvalue weighted by Gasteiger charge is 2.14. The molecule has 1 aromatic carbocycles. The molecule has 1 fully saturated rings. The molecule has 0 aliphatic carbocycles. The Morgan fingerprint density at radius 1 is 1.12 bits per heavy atom. The molecule has 1 heterocycles. The van der Waals surface area contributed by atoms with E-state index in [9.17, 15) is 4.79 Å². The molecule has 0 aromatic heterocycles. The Kier molecular flexibility index (Phi) is 8.26. The van der Waals surface area contributed by atoms with Gasteiger partial charge in [-0.15, -0.1) is 0 Å². The van der Waals surface area contributed by atoms with Gasteiger partial charge in [0.15, 0.2) is 0 Å². The normalized spacial score (nSPS) is 15.6. The van der Waals surface area contributed by atoms with E-state index < -0.39 is 0 Å². The zero-order valence-electron chi connectivity index (χ0n) is 15.3. The number of amides is 1. The predicted octanol–water partition coefficient (Wildman–Crippen LogP) is 2.92. The number of nitrogens with one attached hydrogen (secondary N) is 2. The lowest BCUT2D eigenvalue weighted by Gasteiger charge is -2.22. The van der Waals surface area contributed by atoms with Crippen LogP contribution in [-0.4, -0.2) is 37.0 Å². The summed E-state index contributed by atoms with van der Waals surface area (Å²) in [7, 11) is 0. The van der Waals surface area contributed by atoms with E-state index in [1.165, 1.54) is 24.0 Å². The second-order valence-electron chi connectivity index (χ2n) is 6.79. The van der Waals surface area contributed by atoms with Gasteiger partial charge in [-0.3, -0.25) is 9.69 Å². The van der Waals surface area contributed by atoms with Crippen LogP contribution >= 0.6 is 0 Å². The van der Waals surface area contributed by atoms with Gasteiger partial charge in [0.25, 0.3) is 0 Å². The smallest absolute Gasteiger partial charge is 0.220 e. The molecule has 1 amide bonds. The maximum atomic E-state index is 12.0. The first kappa shape index (κ1) is 18.9. The minimum absolute atomic E-state index is 0.181. The van der Waals surface area contributed by atoms with Crippen molar-refractivity contribution in [3.8, 4) is 0 Å². The summed E-state index contributed by atoms with van der Waals surface area (Å²) in [6, 6.07) is 8.61. The van der Waals surface area contributed by atoms with Gasteiger partial charge >= 0.3 is 0 Å². The number of hydrogen-bond donors (Lipinski definition) is 2. The summed E-state index contributed by atoms with van der Waals surface area (Å²) in [5, 5.41) is 6.43. The quantitative estimate of drug-likeness (QED) is 0.731. The third kappa shape index (κ3) is 6.62. The zero-order valence-corrected chi connectivity index (χ0v) is 15.3. The molecule has 0 spiro atoms. The third-order valence-corrected chi connectivity index (χ3v) is 5.05. The number of hydrogen-bond acceptors (Lipinski definition) is 3. The molecule has 2 rings (SSSR count). The standard InChI is InChI=1S/C20H33N3O/c1-3-23(4-2)16-19-7-5-18(6-8-19)15-22-20(24)10-9-17-11-13-21-14-12-17/h5-8,17,21H,3-4,9-16H2,1-2H3,(H,22,24). The van der Waals surface area contributed by atoms with Crippen LogP contribution in [0.5, 0.6) is 0 Å². The van der Waals surface area contributed by atoms with Crippen molar-refractivity contribution in [1.82, 2.24) is 15.5 Å². The van der Waals surface area contributed by atoms with E-state index in [0.717, 1.165) is 45.1 Å². The fourth-order valence-electron chi connectivity index (χ4n) is 3.26. The van der Waals surface area contributed by atoms with Crippen LogP contribution in [0.3, 0.4) is 0 Å². The molecule has 0 radical (unpaired) electrons. The summed E-state index contributed by atoms with van der Waals surface area (Å²) < 4.78 is 0. The molecule has 4 nitrogen and oxygen atoms in total. The van der Waals surface area contributed by atoms with Crippen molar-refractivity contribution >= 4 is 5.91 Å². The average Bonchev–Trinajstić information content (AvgIpc) is 2.64. The van der Waals surface area contributed by atoms with Crippen LogP contribution in [0.4, 0.5) is 0 Å². The predicted molar refractivity (Wildman–Crippen MR) is 99.7 cm³/mol. The molecule has 134 valence electrons. The van der Waals surface area contributed by atoms with Crippen molar-refractivity contribution < 1.29 is 4.79 Å². The Hall–Kier alpha value is -1.39. The van der Waals surface area contributed by atoms with Gasteiger partial charge < -0.3 is 10.6 Å². The highest BCUT2D eigenvalue weighted by Crippen LogP contribution is 2.17. The van der Waals surface area contributed by atoms with Crippen molar-refractivity contribution in [2.45, 2.75) is 52.6 Å². The number of rotatable bonds is 9. The Balaban J connectivity index is 1.68. The number of nitrogens with zero attached hydrogens (tertiary/aromatic N) is 1. The number of piperidine rings is 1. The Bertz CT molecular complexity index is 476. The lowest BCUT2D eigenvalue weighted by atomic mass is 9.93. The molecule has 1 aliphatic heterocycles. The summed E-state index contributed by atoms with van der Waals surface area (Å²) in [5.74, 6) is 0.900. The molecule has 0 bridgehead atoms. The van der Waals surface area contributed by atoms with Crippen molar-refractivity contribution in [3.63, 3.8) is 0 Å². The van der Waals surface area contributed by atoms with Crippen LogP contribution in [0.1, 0.15) is 50.7 Å². The molecule has 24 heavy (non-hydrogen) atoms. The lowest BCUT2D eigenvalue weighted by molar-refractivity contribution is -0.121. The van der Waals surface area contributed by atoms with Crippen LogP contribution < -0.4 is 10.6 Å². The maximum absolute atomic E-state index is 12.0. The summed E-state index contributed by atoms with van der Waals surface area (Å²) in [5.41, 5.74) is 2.51. The van der Waals surface area contributed by atoms with Crippen molar-refractivity contribution in [2.75, 3.05) is 26.2 Å². The zero-order chi connectivity index (χ0) is 17.2. The van der Waals surface area contributed by atoms with Gasteiger partial charge in [-0.1, -0.05) is 38.1 Å². The topological polar surface area (TPSA) is 44.4 Å². The third-order valence-electron chi connectivity index (χ3n) is 5.05. The highest BCUT2D eigenvalue weighted by molar-refractivity contribution is 5.75. The van der Waals surface area contributed by atoms with E-state index in [0.29, 0.717) is 13.0 Å². The number of carbonyl (C=O) groups excluding carboxylic acids is 1. The van der Waals surface area contributed by atoms with Gasteiger partial charge in [0, 0.05) is 19.5 Å². The SMILES string of the molecule is CCN(CC)Cc1ccc(CNC(=O)CCC2CCNCC2)cc1. The second-order valence-corrected chi connectivity index (χ2v) is 6.79. The number of carbonyl (C=O) groups is 1. The first-order chi connectivity index (χ1) is 11.7.